The molecule has 1 amide bonds. The number of carbonyl (C=O) groups excluding carboxylic acids is 1. The molecule has 0 saturated heterocycles. The van der Waals surface area contributed by atoms with E-state index in [-0.39, 0.29) is 30.6 Å². The Bertz CT molecular complexity index is 559. The van der Waals surface area contributed by atoms with Crippen LogP contribution in [-0.4, -0.2) is 39.4 Å². The zero-order valence-corrected chi connectivity index (χ0v) is 12.7. The highest BCUT2D eigenvalue weighted by molar-refractivity contribution is 5.81. The molecule has 1 aromatic carbocycles. The van der Waals surface area contributed by atoms with E-state index in [1.165, 1.54) is 17.0 Å². The number of nitrogens with zero attached hydrogens (tertiary/aromatic N) is 2. The Morgan fingerprint density at radius 2 is 2.09 bits per heavy atom. The van der Waals surface area contributed by atoms with Gasteiger partial charge in [0.15, 0.2) is 0 Å². The smallest absolute Gasteiger partial charge is 0.323 e. The van der Waals surface area contributed by atoms with E-state index in [1.54, 1.807) is 19.1 Å². The van der Waals surface area contributed by atoms with Gasteiger partial charge in [0.05, 0.1) is 4.92 Å². The molecule has 0 fully saturated rings. The summed E-state index contributed by atoms with van der Waals surface area (Å²) in [5.41, 5.74) is 0.663. The number of aliphatic carboxylic acids is 1. The number of rotatable bonds is 8. The van der Waals surface area contributed by atoms with Gasteiger partial charge in [-0.05, 0) is 25.3 Å². The summed E-state index contributed by atoms with van der Waals surface area (Å²) in [7, 11) is 0. The third-order valence-corrected chi connectivity index (χ3v) is 3.50. The fourth-order valence-electron chi connectivity index (χ4n) is 2.08. The maximum atomic E-state index is 12.2. The van der Waals surface area contributed by atoms with Crippen LogP contribution in [-0.2, 0) is 16.0 Å². The molecule has 0 spiro atoms. The molecular formula is C15H20N2O5. The summed E-state index contributed by atoms with van der Waals surface area (Å²) in [6, 6.07) is 5.94. The van der Waals surface area contributed by atoms with Gasteiger partial charge in [-0.2, -0.15) is 0 Å². The van der Waals surface area contributed by atoms with Crippen LogP contribution in [0.25, 0.3) is 0 Å². The second-order valence-electron chi connectivity index (χ2n) is 5.10. The van der Waals surface area contributed by atoms with Crippen molar-refractivity contribution >= 4 is 17.6 Å². The first-order valence-corrected chi connectivity index (χ1v) is 7.09. The summed E-state index contributed by atoms with van der Waals surface area (Å²) in [4.78, 5) is 34.6. The van der Waals surface area contributed by atoms with Crippen LogP contribution in [0.3, 0.4) is 0 Å². The molecule has 120 valence electrons. The van der Waals surface area contributed by atoms with Crippen LogP contribution in [0.15, 0.2) is 24.3 Å². The van der Waals surface area contributed by atoms with Crippen LogP contribution in [0.4, 0.5) is 5.69 Å². The van der Waals surface area contributed by atoms with Crippen LogP contribution < -0.4 is 0 Å². The first-order chi connectivity index (χ1) is 10.3. The molecule has 1 unspecified atom stereocenters. The minimum absolute atomic E-state index is 0.0192. The number of carboxylic acids is 1. The van der Waals surface area contributed by atoms with Crippen molar-refractivity contribution in [2.45, 2.75) is 39.2 Å². The number of non-ortho nitro benzene ring substituents is 1. The Kier molecular flexibility index (Phi) is 6.49. The van der Waals surface area contributed by atoms with E-state index in [9.17, 15) is 19.7 Å². The monoisotopic (exact) mass is 308 g/mol. The highest BCUT2D eigenvalue weighted by atomic mass is 16.6. The summed E-state index contributed by atoms with van der Waals surface area (Å²) in [5, 5.41) is 19.6. The van der Waals surface area contributed by atoms with Crippen molar-refractivity contribution in [2.24, 2.45) is 0 Å². The predicted molar refractivity (Wildman–Crippen MR) is 80.5 cm³/mol. The molecule has 0 aliphatic carbocycles. The quantitative estimate of drug-likeness (QED) is 0.586. The van der Waals surface area contributed by atoms with Crippen LogP contribution >= 0.6 is 0 Å². The van der Waals surface area contributed by atoms with Gasteiger partial charge in [-0.1, -0.05) is 19.1 Å². The number of nitro benzene ring substituents is 1. The molecule has 0 saturated carbocycles. The van der Waals surface area contributed by atoms with Gasteiger partial charge in [0, 0.05) is 24.6 Å². The first-order valence-electron chi connectivity index (χ1n) is 7.09. The van der Waals surface area contributed by atoms with Crippen molar-refractivity contribution in [1.82, 2.24) is 4.90 Å². The SMILES string of the molecule is CCC(C)N(CC(=O)O)C(=O)CCc1cccc([N+](=O)[O-])c1. The normalized spacial score (nSPS) is 11.7. The fraction of sp³-hybridized carbons (Fsp3) is 0.467. The van der Waals surface area contributed by atoms with Gasteiger partial charge in [-0.25, -0.2) is 0 Å². The zero-order chi connectivity index (χ0) is 16.7. The van der Waals surface area contributed by atoms with E-state index in [2.05, 4.69) is 0 Å². The highest BCUT2D eigenvalue weighted by Gasteiger charge is 2.21. The van der Waals surface area contributed by atoms with Gasteiger partial charge in [0.25, 0.3) is 5.69 Å². The zero-order valence-electron chi connectivity index (χ0n) is 12.7. The standard InChI is InChI=1S/C15H20N2O5/c1-3-11(2)16(10-15(19)20)14(18)8-7-12-5-4-6-13(9-12)17(21)22/h4-6,9,11H,3,7-8,10H2,1-2H3,(H,19,20). The molecule has 7 heteroatoms. The van der Waals surface area contributed by atoms with Crippen molar-refractivity contribution < 1.29 is 19.6 Å². The molecule has 1 N–H and O–H groups in total. The fourth-order valence-corrected chi connectivity index (χ4v) is 2.08. The Hall–Kier alpha value is -2.44. The third kappa shape index (κ3) is 5.16. The molecule has 1 aromatic rings. The van der Waals surface area contributed by atoms with Crippen molar-refractivity contribution in [3.63, 3.8) is 0 Å². The largest absolute Gasteiger partial charge is 0.480 e. The average molecular weight is 308 g/mol. The van der Waals surface area contributed by atoms with E-state index < -0.39 is 10.9 Å². The second kappa shape index (κ2) is 8.11. The maximum Gasteiger partial charge on any atom is 0.323 e. The van der Waals surface area contributed by atoms with E-state index in [0.29, 0.717) is 18.4 Å². The summed E-state index contributed by atoms with van der Waals surface area (Å²) in [6.45, 7) is 3.35. The summed E-state index contributed by atoms with van der Waals surface area (Å²) < 4.78 is 0. The lowest BCUT2D eigenvalue weighted by atomic mass is 10.1. The van der Waals surface area contributed by atoms with Gasteiger partial charge in [-0.3, -0.25) is 19.7 Å². The van der Waals surface area contributed by atoms with Crippen molar-refractivity contribution in [3.05, 3.63) is 39.9 Å². The number of carbonyl (C=O) groups is 2. The lowest BCUT2D eigenvalue weighted by Crippen LogP contribution is -2.41. The topological polar surface area (TPSA) is 101 Å². The molecule has 0 heterocycles. The molecule has 0 radical (unpaired) electrons. The van der Waals surface area contributed by atoms with E-state index in [4.69, 9.17) is 5.11 Å². The Morgan fingerprint density at radius 1 is 1.41 bits per heavy atom. The van der Waals surface area contributed by atoms with Crippen LogP contribution in [0.5, 0.6) is 0 Å². The Labute approximate surface area is 128 Å². The number of nitro groups is 1. The lowest BCUT2D eigenvalue weighted by Gasteiger charge is -2.27. The van der Waals surface area contributed by atoms with E-state index in [0.717, 1.165) is 0 Å². The van der Waals surface area contributed by atoms with Gasteiger partial charge < -0.3 is 10.0 Å². The molecule has 7 nitrogen and oxygen atoms in total. The minimum atomic E-state index is -1.05. The predicted octanol–water partition coefficient (Wildman–Crippen LogP) is 2.24. The number of carboxylic acid groups (broad SMARTS) is 1. The van der Waals surface area contributed by atoms with Gasteiger partial charge in [0.2, 0.25) is 5.91 Å². The summed E-state index contributed by atoms with van der Waals surface area (Å²) >= 11 is 0. The first kappa shape index (κ1) is 17.6. The van der Waals surface area contributed by atoms with Crippen LogP contribution in [0.2, 0.25) is 0 Å². The van der Waals surface area contributed by atoms with E-state index in [1.807, 2.05) is 6.92 Å². The van der Waals surface area contributed by atoms with E-state index >= 15 is 0 Å². The molecule has 0 aliphatic heterocycles. The van der Waals surface area contributed by atoms with Crippen LogP contribution in [0.1, 0.15) is 32.3 Å². The van der Waals surface area contributed by atoms with Gasteiger partial charge >= 0.3 is 5.97 Å². The van der Waals surface area contributed by atoms with Gasteiger partial charge in [0.1, 0.15) is 6.54 Å². The minimum Gasteiger partial charge on any atom is -0.480 e. The van der Waals surface area contributed by atoms with Gasteiger partial charge in [-0.15, -0.1) is 0 Å². The molecule has 0 bridgehead atoms. The number of amides is 1. The number of aryl methyl sites for hydroxylation is 1. The lowest BCUT2D eigenvalue weighted by molar-refractivity contribution is -0.384. The molecule has 0 aromatic heterocycles. The molecular weight excluding hydrogens is 288 g/mol. The Balaban J connectivity index is 2.72. The Morgan fingerprint density at radius 3 is 2.64 bits per heavy atom. The summed E-state index contributed by atoms with van der Waals surface area (Å²) in [6.07, 6.45) is 1.13. The van der Waals surface area contributed by atoms with Crippen molar-refractivity contribution in [1.29, 1.82) is 0 Å². The molecule has 1 rings (SSSR count). The summed E-state index contributed by atoms with van der Waals surface area (Å²) in [5.74, 6) is -1.31. The number of hydrogen-bond acceptors (Lipinski definition) is 4. The van der Waals surface area contributed by atoms with Crippen molar-refractivity contribution in [3.8, 4) is 0 Å². The second-order valence-corrected chi connectivity index (χ2v) is 5.10. The number of benzene rings is 1. The molecule has 22 heavy (non-hydrogen) atoms. The van der Waals surface area contributed by atoms with Crippen LogP contribution in [0, 0.1) is 10.1 Å². The third-order valence-electron chi connectivity index (χ3n) is 3.50. The molecule has 1 atom stereocenters. The number of hydrogen-bond donors (Lipinski definition) is 1. The maximum absolute atomic E-state index is 12.2. The highest BCUT2D eigenvalue weighted by Crippen LogP contribution is 2.15. The average Bonchev–Trinajstić information content (AvgIpc) is 2.49. The molecule has 0 aliphatic rings. The van der Waals surface area contributed by atoms with Crippen molar-refractivity contribution in [2.75, 3.05) is 6.54 Å².